The minimum absolute atomic E-state index is 0.0269. The van der Waals surface area contributed by atoms with Crippen molar-refractivity contribution in [1.29, 1.82) is 0 Å². The second-order valence-corrected chi connectivity index (χ2v) is 4.07. The molecule has 18 heavy (non-hydrogen) atoms. The van der Waals surface area contributed by atoms with Crippen LogP contribution in [0.2, 0.25) is 0 Å². The highest BCUT2D eigenvalue weighted by Gasteiger charge is 2.13. The van der Waals surface area contributed by atoms with Crippen molar-refractivity contribution in [2.45, 2.75) is 32.9 Å². The van der Waals surface area contributed by atoms with Gasteiger partial charge in [0.05, 0.1) is 18.5 Å². The highest BCUT2D eigenvalue weighted by atomic mass is 16.3. The lowest BCUT2D eigenvalue weighted by Crippen LogP contribution is -2.36. The van der Waals surface area contributed by atoms with Crippen LogP contribution < -0.4 is 5.73 Å². The van der Waals surface area contributed by atoms with E-state index in [4.69, 9.17) is 10.8 Å². The van der Waals surface area contributed by atoms with Gasteiger partial charge in [0, 0.05) is 19.6 Å². The van der Waals surface area contributed by atoms with E-state index >= 15 is 0 Å². The molecule has 1 aromatic heterocycles. The van der Waals surface area contributed by atoms with Crippen molar-refractivity contribution >= 4 is 5.91 Å². The summed E-state index contributed by atoms with van der Waals surface area (Å²) in [6.07, 6.45) is 3.60. The normalized spacial score (nSPS) is 10.6. The van der Waals surface area contributed by atoms with Gasteiger partial charge in [-0.1, -0.05) is 18.6 Å². The van der Waals surface area contributed by atoms with E-state index in [0.717, 1.165) is 12.8 Å². The van der Waals surface area contributed by atoms with Gasteiger partial charge in [-0.3, -0.25) is 4.79 Å². The molecule has 0 unspecified atom stereocenters. The third-order valence-electron chi connectivity index (χ3n) is 2.60. The average molecular weight is 255 g/mol. The molecule has 0 saturated carbocycles. The second-order valence-electron chi connectivity index (χ2n) is 4.07. The number of hydrogen-bond donors (Lipinski definition) is 2. The van der Waals surface area contributed by atoms with Gasteiger partial charge >= 0.3 is 0 Å². The molecule has 0 aliphatic heterocycles. The highest BCUT2D eigenvalue weighted by molar-refractivity contribution is 5.75. The van der Waals surface area contributed by atoms with Gasteiger partial charge in [0.2, 0.25) is 5.91 Å². The molecule has 0 saturated heterocycles. The van der Waals surface area contributed by atoms with Crippen LogP contribution in [0.3, 0.4) is 0 Å². The minimum Gasteiger partial charge on any atom is -0.395 e. The Bertz CT molecular complexity index is 366. The van der Waals surface area contributed by atoms with E-state index in [2.05, 4.69) is 17.2 Å². The SMILES string of the molecule is CCCCN(CCO)C(=O)Cn1cc(CN)nn1. The third-order valence-corrected chi connectivity index (χ3v) is 2.60. The zero-order valence-electron chi connectivity index (χ0n) is 10.7. The van der Waals surface area contributed by atoms with E-state index in [0.29, 0.717) is 25.3 Å². The first-order valence-electron chi connectivity index (χ1n) is 6.19. The van der Waals surface area contributed by atoms with Crippen LogP contribution in [0.5, 0.6) is 0 Å². The number of rotatable bonds is 8. The number of amides is 1. The molecule has 7 nitrogen and oxygen atoms in total. The Morgan fingerprint density at radius 3 is 2.89 bits per heavy atom. The molecule has 102 valence electrons. The monoisotopic (exact) mass is 255 g/mol. The van der Waals surface area contributed by atoms with Gasteiger partial charge in [-0.15, -0.1) is 5.10 Å². The van der Waals surface area contributed by atoms with Gasteiger partial charge < -0.3 is 15.7 Å². The Labute approximate surface area is 107 Å². The molecule has 3 N–H and O–H groups in total. The van der Waals surface area contributed by atoms with Gasteiger partial charge in [-0.25, -0.2) is 4.68 Å². The number of nitrogens with zero attached hydrogens (tertiary/aromatic N) is 4. The van der Waals surface area contributed by atoms with E-state index in [-0.39, 0.29) is 19.1 Å². The van der Waals surface area contributed by atoms with E-state index in [1.807, 2.05) is 0 Å². The Morgan fingerprint density at radius 1 is 1.56 bits per heavy atom. The fourth-order valence-electron chi connectivity index (χ4n) is 1.58. The first-order valence-corrected chi connectivity index (χ1v) is 6.19. The lowest BCUT2D eigenvalue weighted by molar-refractivity contribution is -0.132. The smallest absolute Gasteiger partial charge is 0.244 e. The zero-order chi connectivity index (χ0) is 13.4. The van der Waals surface area contributed by atoms with Crippen LogP contribution in [0.1, 0.15) is 25.5 Å². The largest absolute Gasteiger partial charge is 0.395 e. The quantitative estimate of drug-likeness (QED) is 0.644. The first kappa shape index (κ1) is 14.6. The molecule has 0 bridgehead atoms. The predicted octanol–water partition coefficient (Wildman–Crippen LogP) is -0.642. The summed E-state index contributed by atoms with van der Waals surface area (Å²) >= 11 is 0. The lowest BCUT2D eigenvalue weighted by Gasteiger charge is -2.21. The predicted molar refractivity (Wildman–Crippen MR) is 66.5 cm³/mol. The molecule has 0 atom stereocenters. The van der Waals surface area contributed by atoms with Gasteiger partial charge in [-0.05, 0) is 6.42 Å². The Kier molecular flexibility index (Phi) is 6.31. The maximum absolute atomic E-state index is 12.0. The lowest BCUT2D eigenvalue weighted by atomic mass is 10.3. The summed E-state index contributed by atoms with van der Waals surface area (Å²) in [5.74, 6) is -0.0639. The number of unbranched alkanes of at least 4 members (excludes halogenated alkanes) is 1. The summed E-state index contributed by atoms with van der Waals surface area (Å²) in [4.78, 5) is 13.6. The maximum Gasteiger partial charge on any atom is 0.244 e. The Balaban J connectivity index is 2.54. The molecule has 0 aliphatic carbocycles. The van der Waals surface area contributed by atoms with Crippen molar-refractivity contribution in [3.05, 3.63) is 11.9 Å². The molecule has 0 aliphatic rings. The van der Waals surface area contributed by atoms with Crippen molar-refractivity contribution < 1.29 is 9.90 Å². The number of aliphatic hydroxyl groups is 1. The minimum atomic E-state index is -0.0639. The summed E-state index contributed by atoms with van der Waals surface area (Å²) in [5, 5.41) is 16.6. The molecule has 7 heteroatoms. The van der Waals surface area contributed by atoms with E-state index < -0.39 is 0 Å². The topological polar surface area (TPSA) is 97.3 Å². The second kappa shape index (κ2) is 7.78. The van der Waals surface area contributed by atoms with Crippen LogP contribution in [0.4, 0.5) is 0 Å². The molecular weight excluding hydrogens is 234 g/mol. The van der Waals surface area contributed by atoms with Crippen LogP contribution in [-0.4, -0.2) is 50.6 Å². The Hall–Kier alpha value is -1.47. The maximum atomic E-state index is 12.0. The number of aliphatic hydroxyl groups excluding tert-OH is 1. The van der Waals surface area contributed by atoms with E-state index in [1.54, 1.807) is 11.1 Å². The van der Waals surface area contributed by atoms with Gasteiger partial charge in [0.25, 0.3) is 0 Å². The van der Waals surface area contributed by atoms with Gasteiger partial charge in [-0.2, -0.15) is 0 Å². The molecule has 1 aromatic rings. The Morgan fingerprint density at radius 2 is 2.33 bits per heavy atom. The summed E-state index contributed by atoms with van der Waals surface area (Å²) < 4.78 is 1.47. The standard InChI is InChI=1S/C11H21N5O2/c1-2-3-4-15(5-6-17)11(18)9-16-8-10(7-12)13-14-16/h8,17H,2-7,9,12H2,1H3. The van der Waals surface area contributed by atoms with Crippen molar-refractivity contribution in [3.8, 4) is 0 Å². The van der Waals surface area contributed by atoms with Crippen molar-refractivity contribution in [2.75, 3.05) is 19.7 Å². The molecule has 0 spiro atoms. The summed E-state index contributed by atoms with van der Waals surface area (Å²) in [6, 6.07) is 0. The summed E-state index contributed by atoms with van der Waals surface area (Å²) in [7, 11) is 0. The van der Waals surface area contributed by atoms with Crippen LogP contribution in [0.15, 0.2) is 6.20 Å². The van der Waals surface area contributed by atoms with Crippen LogP contribution in [0, 0.1) is 0 Å². The molecule has 0 radical (unpaired) electrons. The van der Waals surface area contributed by atoms with Crippen molar-refractivity contribution in [1.82, 2.24) is 19.9 Å². The van der Waals surface area contributed by atoms with Gasteiger partial charge in [0.1, 0.15) is 6.54 Å². The van der Waals surface area contributed by atoms with E-state index in [1.165, 1.54) is 4.68 Å². The summed E-state index contributed by atoms with van der Waals surface area (Å²) in [6.45, 7) is 3.50. The molecule has 1 heterocycles. The number of carbonyl (C=O) groups is 1. The fraction of sp³-hybridized carbons (Fsp3) is 0.727. The van der Waals surface area contributed by atoms with Gasteiger partial charge in [0.15, 0.2) is 0 Å². The highest BCUT2D eigenvalue weighted by Crippen LogP contribution is 1.99. The molecule has 0 fully saturated rings. The molecule has 0 aromatic carbocycles. The average Bonchev–Trinajstić information content (AvgIpc) is 2.82. The number of hydrogen-bond acceptors (Lipinski definition) is 5. The first-order chi connectivity index (χ1) is 8.71. The third kappa shape index (κ3) is 4.42. The number of carbonyl (C=O) groups excluding carboxylic acids is 1. The molecule has 1 amide bonds. The van der Waals surface area contributed by atoms with Crippen LogP contribution >= 0.6 is 0 Å². The van der Waals surface area contributed by atoms with Crippen molar-refractivity contribution in [3.63, 3.8) is 0 Å². The molecular formula is C11H21N5O2. The van der Waals surface area contributed by atoms with E-state index in [9.17, 15) is 4.79 Å². The zero-order valence-corrected chi connectivity index (χ0v) is 10.7. The van der Waals surface area contributed by atoms with Crippen LogP contribution in [0.25, 0.3) is 0 Å². The van der Waals surface area contributed by atoms with Crippen molar-refractivity contribution in [2.24, 2.45) is 5.73 Å². The van der Waals surface area contributed by atoms with Crippen LogP contribution in [-0.2, 0) is 17.9 Å². The summed E-state index contributed by atoms with van der Waals surface area (Å²) in [5.41, 5.74) is 6.08. The molecule has 1 rings (SSSR count). The number of aromatic nitrogens is 3. The number of nitrogens with two attached hydrogens (primary N) is 1. The fourth-order valence-corrected chi connectivity index (χ4v) is 1.58.